The van der Waals surface area contributed by atoms with Gasteiger partial charge in [-0.05, 0) is 81.1 Å². The second-order valence-corrected chi connectivity index (χ2v) is 17.9. The molecule has 284 valence electrons. The molecule has 0 amide bonds. The van der Waals surface area contributed by atoms with Crippen molar-refractivity contribution in [3.63, 3.8) is 0 Å². The van der Waals surface area contributed by atoms with E-state index in [2.05, 4.69) is 20.4 Å². The van der Waals surface area contributed by atoms with Gasteiger partial charge in [0.25, 0.3) is 0 Å². The number of nitrogens with one attached hydrogen (secondary N) is 2. The summed E-state index contributed by atoms with van der Waals surface area (Å²) in [4.78, 5) is 24.2. The topological polar surface area (TPSA) is 226 Å². The zero-order valence-electron chi connectivity index (χ0n) is 29.3. The van der Waals surface area contributed by atoms with Crippen LogP contribution in [-0.2, 0) is 47.2 Å². The van der Waals surface area contributed by atoms with Crippen LogP contribution in [0, 0.1) is 11.8 Å². The Kier molecular flexibility index (Phi) is 13.1. The molecule has 6 atom stereocenters. The number of hydrogen-bond acceptors (Lipinski definition) is 10. The van der Waals surface area contributed by atoms with Crippen LogP contribution in [0.1, 0.15) is 67.2 Å². The maximum absolute atomic E-state index is 13.4. The molecule has 0 radical (unpaired) electrons. The Morgan fingerprint density at radius 3 is 1.57 bits per heavy atom. The van der Waals surface area contributed by atoms with Gasteiger partial charge in [0.2, 0.25) is 20.0 Å². The molecule has 15 nitrogen and oxygen atoms in total. The number of halogens is 2. The molecule has 4 aliphatic heterocycles. The van der Waals surface area contributed by atoms with Gasteiger partial charge >= 0.3 is 41.5 Å². The van der Waals surface area contributed by atoms with Crippen molar-refractivity contribution >= 4 is 55.2 Å². The van der Waals surface area contributed by atoms with E-state index in [9.17, 15) is 31.5 Å². The third-order valence-electron chi connectivity index (χ3n) is 10.3. The van der Waals surface area contributed by atoms with E-state index in [1.54, 1.807) is 35.8 Å². The number of carbonyl (C=O) groups excluding carboxylic acids is 1. The molecule has 2 aromatic carbocycles. The molecule has 0 spiro atoms. The molecule has 2 fully saturated rings. The van der Waals surface area contributed by atoms with E-state index < -0.39 is 50.1 Å². The van der Waals surface area contributed by atoms with Gasteiger partial charge in [0.15, 0.2) is 0 Å². The van der Waals surface area contributed by atoms with Crippen LogP contribution in [0.3, 0.4) is 0 Å². The monoisotopic (exact) mass is 830 g/mol. The van der Waals surface area contributed by atoms with E-state index in [0.29, 0.717) is 42.3 Å². The third-order valence-corrected chi connectivity index (χ3v) is 14.8. The number of carbonyl (C=O) groups is 2. The zero-order chi connectivity index (χ0) is 36.9. The zero-order valence-corrected chi connectivity index (χ0v) is 34.4. The van der Waals surface area contributed by atoms with Gasteiger partial charge in [0, 0.05) is 57.5 Å². The second-order valence-electron chi connectivity index (χ2n) is 13.4. The molecular formula is C34H37Cl2N6NaO9S2. The summed E-state index contributed by atoms with van der Waals surface area (Å²) in [6, 6.07) is 10.5. The van der Waals surface area contributed by atoms with Crippen LogP contribution in [0.4, 0.5) is 0 Å². The second kappa shape index (κ2) is 16.7. The standard InChI is InChI=1S/C18H20ClN3O4S.C16H16ClN3O4S.Na.H2O/c1-2-26-18(23)11-7-13-9-16-15(10-20-21-16)17(8-11)22(13)27(24,25)14-5-3-12(19)4-6-14;17-10-1-3-12(4-2-10)25(23,24)20-11-5-9(16(21)22)6-15(20)13-8-18-19-14(13)7-11;;/h3-6,10-11,13,17H,2,7-9H2,1H3,(H,20,21);1-4,8-9,11,15H,5-7H2,(H,18,19)(H,21,22);;1H2/q;;+1;/p-1. The van der Waals surface area contributed by atoms with Crippen LogP contribution in [-0.4, -0.2) is 87.1 Å². The van der Waals surface area contributed by atoms with E-state index in [1.807, 2.05) is 0 Å². The Bertz CT molecular complexity index is 2200. The number of piperidine rings is 2. The van der Waals surface area contributed by atoms with Gasteiger partial charge in [0.1, 0.15) is 0 Å². The Morgan fingerprint density at radius 2 is 1.17 bits per heavy atom. The average Bonchev–Trinajstić information content (AvgIpc) is 3.78. The number of nitrogens with zero attached hydrogens (tertiary/aromatic N) is 4. The maximum atomic E-state index is 13.4. The van der Waals surface area contributed by atoms with Gasteiger partial charge in [-0.1, -0.05) is 23.2 Å². The van der Waals surface area contributed by atoms with Crippen LogP contribution in [0.15, 0.2) is 70.7 Å². The number of aromatic nitrogens is 4. The molecule has 0 saturated carbocycles. The number of H-pyrrole nitrogens is 2. The minimum Gasteiger partial charge on any atom is -0.870 e. The van der Waals surface area contributed by atoms with Gasteiger partial charge in [-0.15, -0.1) is 0 Å². The summed E-state index contributed by atoms with van der Waals surface area (Å²) < 4.78 is 61.4. The number of hydrogen-bond donors (Lipinski definition) is 3. The Hall–Kier alpha value is -2.84. The van der Waals surface area contributed by atoms with Gasteiger partial charge in [-0.2, -0.15) is 18.8 Å². The van der Waals surface area contributed by atoms with Crippen molar-refractivity contribution in [2.45, 2.75) is 79.4 Å². The number of fused-ring (bicyclic) bond motifs is 8. The van der Waals surface area contributed by atoms with Crippen molar-refractivity contribution in [3.05, 3.63) is 93.5 Å². The molecule has 4 bridgehead atoms. The van der Waals surface area contributed by atoms with Crippen LogP contribution in [0.2, 0.25) is 10.0 Å². The minimum absolute atomic E-state index is 0. The van der Waals surface area contributed by atoms with Crippen molar-refractivity contribution in [3.8, 4) is 0 Å². The summed E-state index contributed by atoms with van der Waals surface area (Å²) in [7, 11) is -7.51. The van der Waals surface area contributed by atoms with Crippen molar-refractivity contribution < 1.29 is 71.3 Å². The van der Waals surface area contributed by atoms with Crippen molar-refractivity contribution in [1.82, 2.24) is 29.0 Å². The van der Waals surface area contributed by atoms with E-state index in [1.165, 1.54) is 40.7 Å². The first-order chi connectivity index (χ1) is 24.8. The van der Waals surface area contributed by atoms with Crippen LogP contribution >= 0.6 is 23.2 Å². The van der Waals surface area contributed by atoms with Gasteiger partial charge < -0.3 is 15.3 Å². The number of carboxylic acids is 1. The number of benzene rings is 2. The average molecular weight is 832 g/mol. The summed E-state index contributed by atoms with van der Waals surface area (Å²) in [5.41, 5.74) is 3.42. The van der Waals surface area contributed by atoms with Gasteiger partial charge in [-0.25, -0.2) is 16.8 Å². The molecule has 0 aliphatic carbocycles. The van der Waals surface area contributed by atoms with E-state index >= 15 is 0 Å². The fourth-order valence-corrected chi connectivity index (χ4v) is 11.9. The van der Waals surface area contributed by atoms with Crippen molar-refractivity contribution in [1.29, 1.82) is 0 Å². The molecule has 8 rings (SSSR count). The number of carboxylic acid groups (broad SMARTS) is 1. The first kappa shape index (κ1) is 42.3. The van der Waals surface area contributed by atoms with Crippen molar-refractivity contribution in [2.75, 3.05) is 6.61 Å². The van der Waals surface area contributed by atoms with Crippen LogP contribution in [0.5, 0.6) is 0 Å². The number of esters is 1. The predicted octanol–water partition coefficient (Wildman–Crippen LogP) is 1.73. The summed E-state index contributed by atoms with van der Waals surface area (Å²) in [6.07, 6.45) is 5.54. The summed E-state index contributed by atoms with van der Waals surface area (Å²) in [5.74, 6) is -2.03. The molecular weight excluding hydrogens is 794 g/mol. The van der Waals surface area contributed by atoms with Gasteiger partial charge in [0.05, 0.1) is 52.7 Å². The molecule has 54 heavy (non-hydrogen) atoms. The molecule has 2 aromatic heterocycles. The molecule has 2 saturated heterocycles. The Morgan fingerprint density at radius 1 is 0.759 bits per heavy atom. The molecule has 20 heteroatoms. The Labute approximate surface area is 344 Å². The molecule has 6 heterocycles. The molecule has 4 N–H and O–H groups in total. The fraction of sp³-hybridized carbons (Fsp3) is 0.412. The molecule has 6 unspecified atom stereocenters. The number of sulfonamides is 2. The number of aliphatic carboxylic acids is 1. The minimum atomic E-state index is -3.77. The van der Waals surface area contributed by atoms with Crippen molar-refractivity contribution in [2.24, 2.45) is 11.8 Å². The third kappa shape index (κ3) is 7.90. The van der Waals surface area contributed by atoms with Gasteiger partial charge in [-0.3, -0.25) is 19.8 Å². The van der Waals surface area contributed by atoms with E-state index in [-0.39, 0.29) is 75.6 Å². The van der Waals surface area contributed by atoms with E-state index in [0.717, 1.165) is 22.5 Å². The van der Waals surface area contributed by atoms with E-state index in [4.69, 9.17) is 27.9 Å². The Balaban J connectivity index is 0.000000201. The summed E-state index contributed by atoms with van der Waals surface area (Å²) in [5, 5.41) is 24.4. The number of ether oxygens (including phenoxy) is 1. The normalized spacial score (nSPS) is 24.6. The first-order valence-electron chi connectivity index (χ1n) is 16.8. The summed E-state index contributed by atoms with van der Waals surface area (Å²) >= 11 is 11.8. The SMILES string of the molecule is CCOC(=O)C1CC2Cc3[nH]ncc3C(C1)N2S(=O)(=O)c1ccc(Cl)cc1.O=C(O)C1CC2Cc3[nH]ncc3C(C1)N2S(=O)(=O)c1ccc(Cl)cc1.[Na+].[OH-]. The fourth-order valence-electron chi connectivity index (χ4n) is 8.04. The quantitative estimate of drug-likeness (QED) is 0.180. The maximum Gasteiger partial charge on any atom is 1.00 e. The number of rotatable bonds is 7. The summed E-state index contributed by atoms with van der Waals surface area (Å²) in [6.45, 7) is 2.08. The first-order valence-corrected chi connectivity index (χ1v) is 20.4. The van der Waals surface area contributed by atoms with Crippen LogP contribution in [0.25, 0.3) is 0 Å². The molecule has 4 aromatic rings. The smallest absolute Gasteiger partial charge is 0.870 e. The predicted molar refractivity (Wildman–Crippen MR) is 190 cm³/mol. The molecule has 4 aliphatic rings. The largest absolute Gasteiger partial charge is 1.00 e. The van der Waals surface area contributed by atoms with Crippen LogP contribution < -0.4 is 29.6 Å². The number of aromatic amines is 2.